The summed E-state index contributed by atoms with van der Waals surface area (Å²) in [5.74, 6) is 0.0870. The van der Waals surface area contributed by atoms with Crippen molar-refractivity contribution in [1.82, 2.24) is 20.0 Å². The Morgan fingerprint density at radius 2 is 1.81 bits per heavy atom. The van der Waals surface area contributed by atoms with Crippen LogP contribution in [0.1, 0.15) is 48.0 Å². The highest BCUT2D eigenvalue weighted by atomic mass is 16.2. The molecule has 1 saturated heterocycles. The number of hydrogen-bond donors (Lipinski definition) is 1. The van der Waals surface area contributed by atoms with Gasteiger partial charge in [0.05, 0.1) is 11.3 Å². The number of carbonyl (C=O) groups is 2. The van der Waals surface area contributed by atoms with E-state index in [4.69, 9.17) is 5.10 Å². The van der Waals surface area contributed by atoms with Gasteiger partial charge in [0.15, 0.2) is 0 Å². The third-order valence-corrected chi connectivity index (χ3v) is 5.87. The first-order valence-electron chi connectivity index (χ1n) is 11.4. The van der Waals surface area contributed by atoms with Crippen molar-refractivity contribution in [3.63, 3.8) is 0 Å². The molecule has 166 valence electrons. The summed E-state index contributed by atoms with van der Waals surface area (Å²) >= 11 is 0. The van der Waals surface area contributed by atoms with Gasteiger partial charge in [-0.3, -0.25) is 9.59 Å². The van der Waals surface area contributed by atoms with Crippen molar-refractivity contribution < 1.29 is 9.59 Å². The molecule has 0 spiro atoms. The molecule has 32 heavy (non-hydrogen) atoms. The third-order valence-electron chi connectivity index (χ3n) is 5.87. The van der Waals surface area contributed by atoms with Gasteiger partial charge in [-0.2, -0.15) is 5.10 Å². The SMILES string of the molecule is Cc1ccc(-n2cc(C(=O)NCCCN3CCCCCC3=O)c(-c3ccccc3)n2)cc1. The Morgan fingerprint density at radius 1 is 1.03 bits per heavy atom. The summed E-state index contributed by atoms with van der Waals surface area (Å²) in [7, 11) is 0. The summed E-state index contributed by atoms with van der Waals surface area (Å²) in [6.07, 6.45) is 6.35. The predicted octanol–water partition coefficient (Wildman–Crippen LogP) is 4.37. The van der Waals surface area contributed by atoms with Gasteiger partial charge >= 0.3 is 0 Å². The molecule has 1 aliphatic heterocycles. The highest BCUT2D eigenvalue weighted by Crippen LogP contribution is 2.24. The van der Waals surface area contributed by atoms with E-state index in [9.17, 15) is 9.59 Å². The number of nitrogens with zero attached hydrogens (tertiary/aromatic N) is 3. The van der Waals surface area contributed by atoms with Crippen LogP contribution in [0.4, 0.5) is 0 Å². The van der Waals surface area contributed by atoms with Crippen LogP contribution in [0.15, 0.2) is 60.8 Å². The normalized spacial score (nSPS) is 14.3. The summed E-state index contributed by atoms with van der Waals surface area (Å²) in [5, 5.41) is 7.75. The van der Waals surface area contributed by atoms with Crippen molar-refractivity contribution in [2.45, 2.75) is 39.0 Å². The molecule has 6 heteroatoms. The average molecular weight is 431 g/mol. The van der Waals surface area contributed by atoms with Crippen LogP contribution in [0.5, 0.6) is 0 Å². The molecule has 6 nitrogen and oxygen atoms in total. The number of rotatable bonds is 7. The fourth-order valence-corrected chi connectivity index (χ4v) is 4.02. The van der Waals surface area contributed by atoms with Crippen molar-refractivity contribution in [2.24, 2.45) is 0 Å². The molecule has 0 saturated carbocycles. The third kappa shape index (κ3) is 5.25. The van der Waals surface area contributed by atoms with Gasteiger partial charge < -0.3 is 10.2 Å². The van der Waals surface area contributed by atoms with Gasteiger partial charge in [-0.1, -0.05) is 54.4 Å². The van der Waals surface area contributed by atoms with E-state index < -0.39 is 0 Å². The summed E-state index contributed by atoms with van der Waals surface area (Å²) < 4.78 is 1.76. The van der Waals surface area contributed by atoms with Gasteiger partial charge in [-0.25, -0.2) is 4.68 Å². The van der Waals surface area contributed by atoms with Gasteiger partial charge in [0.1, 0.15) is 5.69 Å². The Hall–Kier alpha value is -3.41. The molecule has 0 aliphatic carbocycles. The summed E-state index contributed by atoms with van der Waals surface area (Å²) in [6.45, 7) is 4.08. The molecule has 1 N–H and O–H groups in total. The van der Waals surface area contributed by atoms with Gasteiger partial charge in [-0.15, -0.1) is 0 Å². The molecule has 4 rings (SSSR count). The quantitative estimate of drug-likeness (QED) is 0.566. The number of aromatic nitrogens is 2. The number of benzene rings is 2. The van der Waals surface area contributed by atoms with E-state index in [1.807, 2.05) is 66.4 Å². The van der Waals surface area contributed by atoms with E-state index in [2.05, 4.69) is 5.32 Å². The minimum Gasteiger partial charge on any atom is -0.352 e. The lowest BCUT2D eigenvalue weighted by Gasteiger charge is -2.20. The van der Waals surface area contributed by atoms with Crippen LogP contribution in [-0.4, -0.2) is 46.1 Å². The summed E-state index contributed by atoms with van der Waals surface area (Å²) in [5.41, 5.74) is 4.18. The number of amides is 2. The minimum atomic E-state index is -0.149. The maximum Gasteiger partial charge on any atom is 0.255 e. The van der Waals surface area contributed by atoms with Gasteiger partial charge in [-0.05, 0) is 38.3 Å². The van der Waals surface area contributed by atoms with Crippen LogP contribution in [0.25, 0.3) is 16.9 Å². The Labute approximate surface area is 189 Å². The maximum atomic E-state index is 13.1. The molecule has 0 unspecified atom stereocenters. The first-order chi connectivity index (χ1) is 15.6. The lowest BCUT2D eigenvalue weighted by atomic mass is 10.1. The molecular formula is C26H30N4O2. The average Bonchev–Trinajstić information content (AvgIpc) is 3.16. The van der Waals surface area contributed by atoms with E-state index in [1.165, 1.54) is 5.56 Å². The lowest BCUT2D eigenvalue weighted by molar-refractivity contribution is -0.130. The molecule has 2 amide bonds. The summed E-state index contributed by atoms with van der Waals surface area (Å²) in [6, 6.07) is 17.8. The fraction of sp³-hybridized carbons (Fsp3) is 0.346. The number of likely N-dealkylation sites (tertiary alicyclic amines) is 1. The number of hydrogen-bond acceptors (Lipinski definition) is 3. The molecule has 1 aromatic heterocycles. The maximum absolute atomic E-state index is 13.1. The molecular weight excluding hydrogens is 400 g/mol. The van der Waals surface area contributed by atoms with Crippen molar-refractivity contribution in [1.29, 1.82) is 0 Å². The highest BCUT2D eigenvalue weighted by Gasteiger charge is 2.19. The van der Waals surface area contributed by atoms with Crippen LogP contribution in [-0.2, 0) is 4.79 Å². The molecule has 0 bridgehead atoms. The molecule has 1 fully saturated rings. The second-order valence-corrected chi connectivity index (χ2v) is 8.34. The van der Waals surface area contributed by atoms with E-state index in [1.54, 1.807) is 10.9 Å². The smallest absolute Gasteiger partial charge is 0.255 e. The largest absolute Gasteiger partial charge is 0.352 e. The first kappa shape index (κ1) is 21.8. The Balaban J connectivity index is 1.46. The van der Waals surface area contributed by atoms with Gasteiger partial charge in [0.2, 0.25) is 5.91 Å². The van der Waals surface area contributed by atoms with Crippen molar-refractivity contribution >= 4 is 11.8 Å². The van der Waals surface area contributed by atoms with E-state index >= 15 is 0 Å². The standard InChI is InChI=1S/C26H30N4O2/c1-20-12-14-22(15-13-20)30-19-23(25(28-30)21-9-4-2-5-10-21)26(32)27-16-8-18-29-17-7-3-6-11-24(29)31/h2,4-5,9-10,12-15,19H,3,6-8,11,16-18H2,1H3,(H,27,32). The van der Waals surface area contributed by atoms with Crippen molar-refractivity contribution in [3.8, 4) is 16.9 Å². The molecule has 3 aromatic rings. The van der Waals surface area contributed by atoms with Crippen LogP contribution < -0.4 is 5.32 Å². The lowest BCUT2D eigenvalue weighted by Crippen LogP contribution is -2.34. The van der Waals surface area contributed by atoms with Crippen LogP contribution in [0.3, 0.4) is 0 Å². The molecule has 1 aliphatic rings. The van der Waals surface area contributed by atoms with E-state index in [-0.39, 0.29) is 11.8 Å². The predicted molar refractivity (Wildman–Crippen MR) is 126 cm³/mol. The van der Waals surface area contributed by atoms with Crippen LogP contribution in [0, 0.1) is 6.92 Å². The van der Waals surface area contributed by atoms with Crippen molar-refractivity contribution in [3.05, 3.63) is 71.9 Å². The number of aryl methyl sites for hydroxylation is 1. The minimum absolute atomic E-state index is 0.149. The van der Waals surface area contributed by atoms with Gasteiger partial charge in [0.25, 0.3) is 5.91 Å². The van der Waals surface area contributed by atoms with Crippen molar-refractivity contribution in [2.75, 3.05) is 19.6 Å². The molecule has 2 aromatic carbocycles. The second kappa shape index (κ2) is 10.3. The van der Waals surface area contributed by atoms with Crippen LogP contribution >= 0.6 is 0 Å². The second-order valence-electron chi connectivity index (χ2n) is 8.34. The Kier molecular flexibility index (Phi) is 7.00. The highest BCUT2D eigenvalue weighted by molar-refractivity contribution is 5.99. The van der Waals surface area contributed by atoms with E-state index in [0.29, 0.717) is 30.8 Å². The zero-order valence-electron chi connectivity index (χ0n) is 18.6. The zero-order valence-corrected chi connectivity index (χ0v) is 18.6. The Bertz CT molecular complexity index is 1060. The Morgan fingerprint density at radius 3 is 2.59 bits per heavy atom. The molecule has 0 atom stereocenters. The topological polar surface area (TPSA) is 67.2 Å². The fourth-order valence-electron chi connectivity index (χ4n) is 4.02. The first-order valence-corrected chi connectivity index (χ1v) is 11.4. The van der Waals surface area contributed by atoms with Crippen LogP contribution in [0.2, 0.25) is 0 Å². The number of nitrogens with one attached hydrogen (secondary N) is 1. The molecule has 2 heterocycles. The van der Waals surface area contributed by atoms with E-state index in [0.717, 1.165) is 43.5 Å². The summed E-state index contributed by atoms with van der Waals surface area (Å²) in [4.78, 5) is 27.1. The van der Waals surface area contributed by atoms with Gasteiger partial charge in [0, 0.05) is 37.8 Å². The zero-order chi connectivity index (χ0) is 22.3. The number of carbonyl (C=O) groups excluding carboxylic acids is 2. The molecule has 0 radical (unpaired) electrons. The monoisotopic (exact) mass is 430 g/mol.